The number of esters is 1. The van der Waals surface area contributed by atoms with Gasteiger partial charge in [0.05, 0.1) is 25.0 Å². The SMILES string of the molecule is COC(=O)C1CC(=O)N(C)C12CCN(C(=O)Cc1ccn(C)c1)CC2. The Morgan fingerprint density at radius 1 is 1.28 bits per heavy atom. The van der Waals surface area contributed by atoms with Gasteiger partial charge in [0.15, 0.2) is 0 Å². The highest BCUT2D eigenvalue weighted by molar-refractivity contribution is 5.89. The minimum absolute atomic E-state index is 0.0283. The summed E-state index contributed by atoms with van der Waals surface area (Å²) in [6.45, 7) is 1.10. The molecule has 2 amide bonds. The summed E-state index contributed by atoms with van der Waals surface area (Å²) in [5.74, 6) is -0.717. The molecule has 3 heterocycles. The molecule has 1 spiro atoms. The van der Waals surface area contributed by atoms with Gasteiger partial charge in [-0.1, -0.05) is 0 Å². The van der Waals surface area contributed by atoms with E-state index in [1.165, 1.54) is 7.11 Å². The summed E-state index contributed by atoms with van der Waals surface area (Å²) in [6, 6.07) is 1.94. The van der Waals surface area contributed by atoms with E-state index in [9.17, 15) is 14.4 Å². The maximum atomic E-state index is 12.5. The Balaban J connectivity index is 1.68. The molecule has 0 aliphatic carbocycles. The molecule has 1 unspecified atom stereocenters. The van der Waals surface area contributed by atoms with Gasteiger partial charge in [-0.3, -0.25) is 14.4 Å². The number of methoxy groups -OCH3 is 1. The third kappa shape index (κ3) is 3.03. The number of aryl methyl sites for hydroxylation is 1. The van der Waals surface area contributed by atoms with E-state index in [1.807, 2.05) is 35.0 Å². The Morgan fingerprint density at radius 2 is 1.96 bits per heavy atom. The van der Waals surface area contributed by atoms with Crippen molar-refractivity contribution in [1.82, 2.24) is 14.4 Å². The summed E-state index contributed by atoms with van der Waals surface area (Å²) < 4.78 is 6.84. The highest BCUT2D eigenvalue weighted by Crippen LogP contribution is 2.43. The van der Waals surface area contributed by atoms with Gasteiger partial charge in [0.2, 0.25) is 11.8 Å². The number of carbonyl (C=O) groups is 3. The van der Waals surface area contributed by atoms with Gasteiger partial charge >= 0.3 is 5.97 Å². The average Bonchev–Trinajstić information content (AvgIpc) is 3.11. The van der Waals surface area contributed by atoms with Crippen LogP contribution in [0.25, 0.3) is 0 Å². The molecule has 0 N–H and O–H groups in total. The normalized spacial score (nSPS) is 22.5. The highest BCUT2D eigenvalue weighted by atomic mass is 16.5. The molecular formula is C18H25N3O4. The van der Waals surface area contributed by atoms with Crippen molar-refractivity contribution in [1.29, 1.82) is 0 Å². The Morgan fingerprint density at radius 3 is 2.52 bits per heavy atom. The first-order chi connectivity index (χ1) is 11.9. The summed E-state index contributed by atoms with van der Waals surface area (Å²) in [4.78, 5) is 40.4. The van der Waals surface area contributed by atoms with Crippen LogP contribution in [-0.4, -0.2) is 64.9 Å². The summed E-state index contributed by atoms with van der Waals surface area (Å²) >= 11 is 0. The Hall–Kier alpha value is -2.31. The van der Waals surface area contributed by atoms with Crippen LogP contribution >= 0.6 is 0 Å². The van der Waals surface area contributed by atoms with Crippen LogP contribution in [0.15, 0.2) is 18.5 Å². The number of rotatable bonds is 3. The number of aromatic nitrogens is 1. The molecule has 25 heavy (non-hydrogen) atoms. The second kappa shape index (κ2) is 6.54. The zero-order valence-electron chi connectivity index (χ0n) is 15.0. The van der Waals surface area contributed by atoms with E-state index >= 15 is 0 Å². The van der Waals surface area contributed by atoms with Crippen molar-refractivity contribution in [2.75, 3.05) is 27.2 Å². The van der Waals surface area contributed by atoms with Crippen LogP contribution in [0.4, 0.5) is 0 Å². The van der Waals surface area contributed by atoms with Crippen LogP contribution in [-0.2, 0) is 32.6 Å². The molecule has 2 fully saturated rings. The topological polar surface area (TPSA) is 71.9 Å². The third-order valence-corrected chi connectivity index (χ3v) is 5.79. The lowest BCUT2D eigenvalue weighted by Gasteiger charge is -2.45. The lowest BCUT2D eigenvalue weighted by atomic mass is 9.77. The van der Waals surface area contributed by atoms with Crippen molar-refractivity contribution in [3.05, 3.63) is 24.0 Å². The quantitative estimate of drug-likeness (QED) is 0.750. The maximum absolute atomic E-state index is 12.5. The molecule has 1 aromatic heterocycles. The smallest absolute Gasteiger partial charge is 0.311 e. The standard InChI is InChI=1S/C18H25N3O4/c1-19-7-4-13(12-19)10-16(23)21-8-5-18(6-9-21)14(17(24)25-3)11-15(22)20(18)2/h4,7,12,14H,5-6,8-11H2,1-3H3. The number of amides is 2. The second-order valence-electron chi connectivity index (χ2n) is 7.08. The van der Waals surface area contributed by atoms with Gasteiger partial charge in [0, 0.05) is 46.0 Å². The summed E-state index contributed by atoms with van der Waals surface area (Å²) in [7, 11) is 5.04. The number of likely N-dealkylation sites (tertiary alicyclic amines) is 2. The molecule has 2 aliphatic heterocycles. The molecule has 1 aromatic rings. The highest BCUT2D eigenvalue weighted by Gasteiger charge is 2.55. The molecule has 2 aliphatic rings. The number of hydrogen-bond donors (Lipinski definition) is 0. The zero-order chi connectivity index (χ0) is 18.2. The minimum atomic E-state index is -0.520. The fraction of sp³-hybridized carbons (Fsp3) is 0.611. The number of hydrogen-bond acceptors (Lipinski definition) is 4. The summed E-state index contributed by atoms with van der Waals surface area (Å²) in [6.07, 6.45) is 5.66. The molecule has 2 saturated heterocycles. The lowest BCUT2D eigenvalue weighted by molar-refractivity contribution is -0.150. The first-order valence-corrected chi connectivity index (χ1v) is 8.60. The predicted octanol–water partition coefficient (Wildman–Crippen LogP) is 0.580. The van der Waals surface area contributed by atoms with Gasteiger partial charge in [0.1, 0.15) is 0 Å². The monoisotopic (exact) mass is 347 g/mol. The Kier molecular flexibility index (Phi) is 4.58. The number of nitrogens with zero attached hydrogens (tertiary/aromatic N) is 3. The van der Waals surface area contributed by atoms with Gasteiger partial charge in [-0.05, 0) is 24.5 Å². The number of piperidine rings is 1. The maximum Gasteiger partial charge on any atom is 0.311 e. The van der Waals surface area contributed by atoms with Crippen LogP contribution in [0.5, 0.6) is 0 Å². The van der Waals surface area contributed by atoms with E-state index in [0.29, 0.717) is 32.4 Å². The predicted molar refractivity (Wildman–Crippen MR) is 90.6 cm³/mol. The van der Waals surface area contributed by atoms with E-state index < -0.39 is 11.5 Å². The molecule has 3 rings (SSSR count). The van der Waals surface area contributed by atoms with Gasteiger partial charge in [-0.25, -0.2) is 0 Å². The lowest BCUT2D eigenvalue weighted by Crippen LogP contribution is -2.57. The molecule has 136 valence electrons. The van der Waals surface area contributed by atoms with Crippen LogP contribution < -0.4 is 0 Å². The first kappa shape index (κ1) is 17.5. The van der Waals surface area contributed by atoms with Gasteiger partial charge in [0.25, 0.3) is 0 Å². The molecule has 7 heteroatoms. The van der Waals surface area contributed by atoms with Crippen molar-refractivity contribution < 1.29 is 19.1 Å². The zero-order valence-corrected chi connectivity index (χ0v) is 15.0. The van der Waals surface area contributed by atoms with E-state index in [1.54, 1.807) is 11.9 Å². The van der Waals surface area contributed by atoms with E-state index in [0.717, 1.165) is 5.56 Å². The van der Waals surface area contributed by atoms with Crippen molar-refractivity contribution >= 4 is 17.8 Å². The molecule has 7 nitrogen and oxygen atoms in total. The molecular weight excluding hydrogens is 322 g/mol. The summed E-state index contributed by atoms with van der Waals surface area (Å²) in [5, 5.41) is 0. The fourth-order valence-corrected chi connectivity index (χ4v) is 4.21. The van der Waals surface area contributed by atoms with Gasteiger partial charge in [-0.2, -0.15) is 0 Å². The molecule has 0 radical (unpaired) electrons. The van der Waals surface area contributed by atoms with Crippen molar-refractivity contribution in [3.63, 3.8) is 0 Å². The Bertz CT molecular complexity index is 688. The summed E-state index contributed by atoms with van der Waals surface area (Å²) in [5.41, 5.74) is 0.474. The fourth-order valence-electron chi connectivity index (χ4n) is 4.21. The van der Waals surface area contributed by atoms with E-state index in [2.05, 4.69) is 0 Å². The van der Waals surface area contributed by atoms with Crippen LogP contribution in [0.3, 0.4) is 0 Å². The molecule has 0 bridgehead atoms. The minimum Gasteiger partial charge on any atom is -0.469 e. The van der Waals surface area contributed by atoms with Crippen molar-refractivity contribution in [2.45, 2.75) is 31.2 Å². The second-order valence-corrected chi connectivity index (χ2v) is 7.08. The van der Waals surface area contributed by atoms with Gasteiger partial charge in [-0.15, -0.1) is 0 Å². The first-order valence-electron chi connectivity index (χ1n) is 8.60. The third-order valence-electron chi connectivity index (χ3n) is 5.79. The average molecular weight is 347 g/mol. The number of ether oxygens (including phenoxy) is 1. The van der Waals surface area contributed by atoms with Crippen LogP contribution in [0, 0.1) is 5.92 Å². The van der Waals surface area contributed by atoms with Gasteiger partial charge < -0.3 is 19.1 Å². The molecule has 1 atom stereocenters. The van der Waals surface area contributed by atoms with Crippen molar-refractivity contribution in [2.24, 2.45) is 13.0 Å². The van der Waals surface area contributed by atoms with Crippen LogP contribution in [0.2, 0.25) is 0 Å². The van der Waals surface area contributed by atoms with Crippen LogP contribution in [0.1, 0.15) is 24.8 Å². The largest absolute Gasteiger partial charge is 0.469 e. The van der Waals surface area contributed by atoms with Crippen molar-refractivity contribution in [3.8, 4) is 0 Å². The van der Waals surface area contributed by atoms with E-state index in [4.69, 9.17) is 4.74 Å². The number of carbonyl (C=O) groups excluding carboxylic acids is 3. The molecule has 0 aromatic carbocycles. The molecule has 0 saturated carbocycles. The van der Waals surface area contributed by atoms with E-state index in [-0.39, 0.29) is 24.2 Å². The Labute approximate surface area is 147 Å².